The van der Waals surface area contributed by atoms with E-state index in [-0.39, 0.29) is 12.4 Å². The summed E-state index contributed by atoms with van der Waals surface area (Å²) in [6.45, 7) is 0. The average Bonchev–Trinajstić information content (AvgIpc) is 1.92. The summed E-state index contributed by atoms with van der Waals surface area (Å²) in [4.78, 5) is 0. The van der Waals surface area contributed by atoms with E-state index in [1.807, 2.05) is 0 Å². The Kier molecular flexibility index (Phi) is 4.07. The van der Waals surface area contributed by atoms with Gasteiger partial charge < -0.3 is 12.4 Å². The van der Waals surface area contributed by atoms with Gasteiger partial charge in [0.2, 0.25) is 11.1 Å². The quantitative estimate of drug-likeness (QED) is 0.485. The highest BCUT2D eigenvalue weighted by Gasteiger charge is 2.50. The van der Waals surface area contributed by atoms with Crippen molar-refractivity contribution in [3.8, 4) is 0 Å². The first-order chi connectivity index (χ1) is 5.43. The van der Waals surface area contributed by atoms with E-state index < -0.39 is 25.1 Å². The highest BCUT2D eigenvalue weighted by molar-refractivity contribution is 7.68. The zero-order chi connectivity index (χ0) is 9.35. The Balaban J connectivity index is 0.00000144. The van der Waals surface area contributed by atoms with Crippen molar-refractivity contribution in [2.24, 2.45) is 0 Å². The van der Waals surface area contributed by atoms with Gasteiger partial charge in [0.15, 0.2) is 5.82 Å². The molecule has 0 aromatic heterocycles. The van der Waals surface area contributed by atoms with Crippen molar-refractivity contribution < 1.29 is 33.8 Å². The van der Waals surface area contributed by atoms with Gasteiger partial charge in [0.1, 0.15) is 0 Å². The molecule has 0 bridgehead atoms. The van der Waals surface area contributed by atoms with E-state index in [0.717, 1.165) is 6.07 Å². The van der Waals surface area contributed by atoms with Gasteiger partial charge in [0.25, 0.3) is 0 Å². The van der Waals surface area contributed by atoms with Crippen LogP contribution < -0.4 is 17.7 Å². The summed E-state index contributed by atoms with van der Waals surface area (Å²) in [5.74, 6) is -3.27. The molecule has 0 radical (unpaired) electrons. The van der Waals surface area contributed by atoms with Crippen molar-refractivity contribution in [3.63, 3.8) is 0 Å². The standard InChI is InChI=1S/C6H3F5P.ClH/c7-4-2-1-3-5(6(4)8)12(9,10)11;/h1-3H;1H/q+1;/p-1. The summed E-state index contributed by atoms with van der Waals surface area (Å²) in [5.41, 5.74) is 0. The minimum Gasteiger partial charge on any atom is -1.00 e. The number of rotatable bonds is 1. The van der Waals surface area contributed by atoms with Crippen LogP contribution in [0.2, 0.25) is 0 Å². The maximum atomic E-state index is 12.4. The fourth-order valence-corrected chi connectivity index (χ4v) is 1.27. The zero-order valence-electron chi connectivity index (χ0n) is 5.95. The molecular weight excluding hydrogens is 233 g/mol. The topological polar surface area (TPSA) is 0 Å². The molecule has 0 atom stereocenters. The third-order valence-electron chi connectivity index (χ3n) is 1.20. The van der Waals surface area contributed by atoms with Crippen LogP contribution in [0, 0.1) is 11.6 Å². The lowest BCUT2D eigenvalue weighted by Crippen LogP contribution is -3.00. The molecule has 1 rings (SSSR count). The molecule has 74 valence electrons. The van der Waals surface area contributed by atoms with Crippen molar-refractivity contribution in [3.05, 3.63) is 29.8 Å². The molecule has 0 nitrogen and oxygen atoms in total. The van der Waals surface area contributed by atoms with Gasteiger partial charge >= 0.3 is 8.19 Å². The molecule has 0 spiro atoms. The van der Waals surface area contributed by atoms with Crippen molar-refractivity contribution in [1.29, 1.82) is 0 Å². The number of halogens is 6. The fraction of sp³-hybridized carbons (Fsp3) is 0. The Morgan fingerprint density at radius 3 is 1.92 bits per heavy atom. The van der Waals surface area contributed by atoms with Crippen LogP contribution in [0.1, 0.15) is 0 Å². The summed E-state index contributed by atoms with van der Waals surface area (Å²) in [5, 5.41) is -1.47. The molecule has 0 amide bonds. The van der Waals surface area contributed by atoms with Crippen molar-refractivity contribution >= 4 is 13.5 Å². The highest BCUT2D eigenvalue weighted by Crippen LogP contribution is 2.63. The van der Waals surface area contributed by atoms with Crippen LogP contribution in [0.15, 0.2) is 18.2 Å². The summed E-state index contributed by atoms with van der Waals surface area (Å²) in [6.07, 6.45) is 0. The van der Waals surface area contributed by atoms with Crippen LogP contribution in [-0.4, -0.2) is 0 Å². The number of benzene rings is 1. The Hall–Kier alpha value is -0.410. The molecule has 0 aliphatic heterocycles. The molecule has 1 aromatic carbocycles. The van der Waals surface area contributed by atoms with E-state index in [9.17, 15) is 21.4 Å². The minimum atomic E-state index is -5.95. The van der Waals surface area contributed by atoms with Gasteiger partial charge in [0.05, 0.1) is 0 Å². The van der Waals surface area contributed by atoms with E-state index in [4.69, 9.17) is 0 Å². The third kappa shape index (κ3) is 2.78. The lowest BCUT2D eigenvalue weighted by atomic mass is 10.3. The van der Waals surface area contributed by atoms with Gasteiger partial charge in [-0.1, -0.05) is 6.07 Å². The van der Waals surface area contributed by atoms with Crippen LogP contribution in [0.25, 0.3) is 0 Å². The molecule has 1 aromatic rings. The average molecular weight is 237 g/mol. The second kappa shape index (κ2) is 4.20. The number of hydrogen-bond acceptors (Lipinski definition) is 0. The molecule has 7 heteroatoms. The molecule has 0 N–H and O–H groups in total. The minimum absolute atomic E-state index is 0. The highest BCUT2D eigenvalue weighted by atomic mass is 35.5. The lowest BCUT2D eigenvalue weighted by Gasteiger charge is -1.96. The first-order valence-electron chi connectivity index (χ1n) is 2.85. The van der Waals surface area contributed by atoms with Gasteiger partial charge in [-0.3, -0.25) is 0 Å². The first-order valence-corrected chi connectivity index (χ1v) is 4.31. The molecular formula is C6H3ClF5P. The SMILES string of the molecule is Fc1cccc([P+](F)(F)F)c1F.[Cl-]. The van der Waals surface area contributed by atoms with Crippen LogP contribution in [0.5, 0.6) is 0 Å². The van der Waals surface area contributed by atoms with Crippen LogP contribution >= 0.6 is 8.19 Å². The monoisotopic (exact) mass is 236 g/mol. The van der Waals surface area contributed by atoms with E-state index in [1.165, 1.54) is 0 Å². The van der Waals surface area contributed by atoms with Gasteiger partial charge in [0, 0.05) is 12.6 Å². The molecule has 0 fully saturated rings. The van der Waals surface area contributed by atoms with E-state index in [1.54, 1.807) is 0 Å². The van der Waals surface area contributed by atoms with Gasteiger partial charge in [-0.15, -0.1) is 0 Å². The summed E-state index contributed by atoms with van der Waals surface area (Å²) in [7, 11) is -5.95. The molecule has 0 heterocycles. The van der Waals surface area contributed by atoms with E-state index >= 15 is 0 Å². The van der Waals surface area contributed by atoms with Gasteiger partial charge in [-0.2, -0.15) is 4.39 Å². The van der Waals surface area contributed by atoms with Crippen molar-refractivity contribution in [2.45, 2.75) is 0 Å². The maximum absolute atomic E-state index is 12.4. The molecule has 0 unspecified atom stereocenters. The van der Waals surface area contributed by atoms with Gasteiger partial charge in [-0.05, 0) is 12.1 Å². The van der Waals surface area contributed by atoms with Crippen molar-refractivity contribution in [1.82, 2.24) is 0 Å². The van der Waals surface area contributed by atoms with Crippen molar-refractivity contribution in [2.75, 3.05) is 0 Å². The third-order valence-corrected chi connectivity index (χ3v) is 2.10. The second-order valence-electron chi connectivity index (χ2n) is 2.02. The Bertz CT molecular complexity index is 298. The van der Waals surface area contributed by atoms with Crippen LogP contribution in [0.3, 0.4) is 0 Å². The summed E-state index contributed by atoms with van der Waals surface area (Å²) >= 11 is 0. The first kappa shape index (κ1) is 12.6. The van der Waals surface area contributed by atoms with Gasteiger partial charge in [-0.25, -0.2) is 4.39 Å². The van der Waals surface area contributed by atoms with Crippen LogP contribution in [-0.2, 0) is 0 Å². The van der Waals surface area contributed by atoms with E-state index in [0.29, 0.717) is 12.1 Å². The Morgan fingerprint density at radius 2 is 1.54 bits per heavy atom. The molecule has 0 aliphatic rings. The van der Waals surface area contributed by atoms with Crippen LogP contribution in [0.4, 0.5) is 21.4 Å². The Labute approximate surface area is 77.9 Å². The molecule has 0 saturated carbocycles. The number of hydrogen-bond donors (Lipinski definition) is 0. The fourth-order valence-electron chi connectivity index (χ4n) is 0.688. The largest absolute Gasteiger partial charge is 1.00 e. The molecule has 0 aliphatic carbocycles. The summed E-state index contributed by atoms with van der Waals surface area (Å²) in [6, 6.07) is 2.02. The normalized spacial score (nSPS) is 10.8. The molecule has 0 saturated heterocycles. The predicted molar refractivity (Wildman–Crippen MR) is 36.2 cm³/mol. The maximum Gasteiger partial charge on any atom is 0.605 e. The lowest BCUT2D eigenvalue weighted by molar-refractivity contribution is -0.00000627. The predicted octanol–water partition coefficient (Wildman–Crippen LogP) is 0.265. The summed E-state index contributed by atoms with van der Waals surface area (Å²) < 4.78 is 60.5. The molecule has 13 heavy (non-hydrogen) atoms. The second-order valence-corrected chi connectivity index (χ2v) is 3.39. The smallest absolute Gasteiger partial charge is 0.605 e. The Morgan fingerprint density at radius 1 is 1.00 bits per heavy atom. The van der Waals surface area contributed by atoms with E-state index in [2.05, 4.69) is 0 Å². The zero-order valence-corrected chi connectivity index (χ0v) is 7.60.